The maximum atomic E-state index is 12.8. The van der Waals surface area contributed by atoms with Gasteiger partial charge in [0.15, 0.2) is 0 Å². The summed E-state index contributed by atoms with van der Waals surface area (Å²) in [6.45, 7) is 1.08. The Bertz CT molecular complexity index is 809. The average Bonchev–Trinajstić information content (AvgIpc) is 2.52. The van der Waals surface area contributed by atoms with Gasteiger partial charge in [-0.25, -0.2) is 17.7 Å². The Morgan fingerprint density at radius 3 is 2.48 bits per heavy atom. The summed E-state index contributed by atoms with van der Waals surface area (Å²) in [5, 5.41) is 0. The maximum Gasteiger partial charge on any atom is 0.267 e. The van der Waals surface area contributed by atoms with Gasteiger partial charge in [0.05, 0.1) is 12.0 Å². The molecule has 0 unspecified atom stereocenters. The number of hydrogen-bond donors (Lipinski definition) is 1. The average molecular weight is 336 g/mol. The smallest absolute Gasteiger partial charge is 0.267 e. The number of aromatic nitrogens is 2. The number of hydrogen-bond acceptors (Lipinski definition) is 6. The zero-order chi connectivity index (χ0) is 17.0. The predicted octanol–water partition coefficient (Wildman–Crippen LogP) is 0.474. The summed E-state index contributed by atoms with van der Waals surface area (Å²) >= 11 is 0. The van der Waals surface area contributed by atoms with Gasteiger partial charge in [-0.3, -0.25) is 4.79 Å². The molecule has 0 aliphatic heterocycles. The number of primary amides is 1. The molecule has 0 saturated heterocycles. The van der Waals surface area contributed by atoms with Gasteiger partial charge >= 0.3 is 0 Å². The molecule has 0 radical (unpaired) electrons. The Balaban J connectivity index is 2.58. The fourth-order valence-corrected chi connectivity index (χ4v) is 3.21. The summed E-state index contributed by atoms with van der Waals surface area (Å²) in [5.74, 6) is -0.816. The number of amides is 1. The molecule has 2 rings (SSSR count). The predicted molar refractivity (Wildman–Crippen MR) is 83.5 cm³/mol. The van der Waals surface area contributed by atoms with Crippen molar-refractivity contribution in [3.63, 3.8) is 0 Å². The topological polar surface area (TPSA) is 115 Å². The molecule has 0 aliphatic carbocycles. The highest BCUT2D eigenvalue weighted by atomic mass is 32.2. The van der Waals surface area contributed by atoms with Gasteiger partial charge in [-0.2, -0.15) is 4.98 Å². The number of carbonyl (C=O) groups excluding carboxylic acids is 1. The van der Waals surface area contributed by atoms with E-state index >= 15 is 0 Å². The van der Waals surface area contributed by atoms with E-state index in [1.807, 2.05) is 0 Å². The number of methoxy groups -OCH3 is 1. The van der Waals surface area contributed by atoms with Gasteiger partial charge in [0, 0.05) is 11.8 Å². The van der Waals surface area contributed by atoms with Crippen LogP contribution in [0.4, 0.5) is 5.95 Å². The van der Waals surface area contributed by atoms with Crippen molar-refractivity contribution in [2.75, 3.05) is 18.0 Å². The van der Waals surface area contributed by atoms with Crippen LogP contribution in [0.5, 0.6) is 5.88 Å². The molecular weight excluding hydrogens is 320 g/mol. The second-order valence-corrected chi connectivity index (χ2v) is 6.51. The Morgan fingerprint density at radius 2 is 1.91 bits per heavy atom. The van der Waals surface area contributed by atoms with E-state index < -0.39 is 22.5 Å². The number of rotatable bonds is 6. The molecule has 1 aromatic carbocycles. The van der Waals surface area contributed by atoms with Crippen molar-refractivity contribution in [1.82, 2.24) is 9.97 Å². The molecule has 9 heteroatoms. The van der Waals surface area contributed by atoms with Crippen molar-refractivity contribution in [2.45, 2.75) is 11.8 Å². The van der Waals surface area contributed by atoms with Crippen LogP contribution in [0, 0.1) is 6.92 Å². The molecule has 122 valence electrons. The lowest BCUT2D eigenvalue weighted by atomic mass is 10.4. The monoisotopic (exact) mass is 336 g/mol. The van der Waals surface area contributed by atoms with E-state index in [-0.39, 0.29) is 16.7 Å². The lowest BCUT2D eigenvalue weighted by molar-refractivity contribution is -0.116. The van der Waals surface area contributed by atoms with Gasteiger partial charge in [0.1, 0.15) is 6.54 Å². The first kappa shape index (κ1) is 16.7. The normalized spacial score (nSPS) is 11.0. The van der Waals surface area contributed by atoms with E-state index in [0.717, 1.165) is 4.31 Å². The minimum atomic E-state index is -4.04. The van der Waals surface area contributed by atoms with Crippen LogP contribution in [0.3, 0.4) is 0 Å². The minimum absolute atomic E-state index is 0.00493. The summed E-state index contributed by atoms with van der Waals surface area (Å²) in [6.07, 6.45) is 0. The first-order chi connectivity index (χ1) is 10.8. The third kappa shape index (κ3) is 3.75. The van der Waals surface area contributed by atoms with Gasteiger partial charge in [0.2, 0.25) is 17.7 Å². The van der Waals surface area contributed by atoms with E-state index in [9.17, 15) is 13.2 Å². The van der Waals surface area contributed by atoms with Crippen LogP contribution in [-0.4, -0.2) is 37.9 Å². The zero-order valence-electron chi connectivity index (χ0n) is 12.6. The summed E-state index contributed by atoms with van der Waals surface area (Å²) < 4.78 is 31.3. The lowest BCUT2D eigenvalue weighted by Crippen LogP contribution is -2.39. The molecule has 0 atom stereocenters. The highest BCUT2D eigenvalue weighted by molar-refractivity contribution is 7.92. The molecule has 2 aromatic rings. The molecule has 1 amide bonds. The van der Waals surface area contributed by atoms with Crippen LogP contribution in [0.25, 0.3) is 0 Å². The summed E-state index contributed by atoms with van der Waals surface area (Å²) in [7, 11) is -2.64. The molecule has 0 saturated carbocycles. The fraction of sp³-hybridized carbons (Fsp3) is 0.214. The Kier molecular flexibility index (Phi) is 4.80. The summed E-state index contributed by atoms with van der Waals surface area (Å²) in [4.78, 5) is 19.4. The largest absolute Gasteiger partial charge is 0.481 e. The maximum absolute atomic E-state index is 12.8. The number of sulfonamides is 1. The number of carbonyl (C=O) groups is 1. The second kappa shape index (κ2) is 6.61. The fourth-order valence-electron chi connectivity index (χ4n) is 1.87. The lowest BCUT2D eigenvalue weighted by Gasteiger charge is -2.21. The Morgan fingerprint density at radius 1 is 1.26 bits per heavy atom. The van der Waals surface area contributed by atoms with Crippen LogP contribution in [0.1, 0.15) is 5.69 Å². The van der Waals surface area contributed by atoms with Crippen molar-refractivity contribution in [3.8, 4) is 5.88 Å². The minimum Gasteiger partial charge on any atom is -0.481 e. The third-order valence-electron chi connectivity index (χ3n) is 2.88. The first-order valence-electron chi connectivity index (χ1n) is 6.60. The van der Waals surface area contributed by atoms with Crippen LogP contribution >= 0.6 is 0 Å². The van der Waals surface area contributed by atoms with E-state index in [1.165, 1.54) is 19.2 Å². The number of anilines is 1. The molecule has 2 N–H and O–H groups in total. The number of nitrogens with two attached hydrogens (primary N) is 1. The SMILES string of the molecule is COc1cc(C)nc(N(CC(N)=O)S(=O)(=O)c2ccccc2)n1. The van der Waals surface area contributed by atoms with Crippen LogP contribution in [-0.2, 0) is 14.8 Å². The molecule has 0 aliphatic rings. The summed E-state index contributed by atoms with van der Waals surface area (Å²) in [5.41, 5.74) is 5.67. The van der Waals surface area contributed by atoms with Gasteiger partial charge < -0.3 is 10.5 Å². The number of nitrogens with zero attached hydrogens (tertiary/aromatic N) is 3. The molecule has 23 heavy (non-hydrogen) atoms. The van der Waals surface area contributed by atoms with Crippen LogP contribution in [0.15, 0.2) is 41.3 Å². The number of benzene rings is 1. The Labute approximate surface area is 134 Å². The molecule has 0 spiro atoms. The molecule has 0 fully saturated rings. The summed E-state index contributed by atoms with van der Waals surface area (Å²) in [6, 6.07) is 9.21. The standard InChI is InChI=1S/C14H16N4O4S/c1-10-8-13(22-2)17-14(16-10)18(9-12(15)19)23(20,21)11-6-4-3-5-7-11/h3-8H,9H2,1-2H3,(H2,15,19). The Hall–Kier alpha value is -2.68. The zero-order valence-corrected chi connectivity index (χ0v) is 13.4. The van der Waals surface area contributed by atoms with E-state index in [4.69, 9.17) is 10.5 Å². The van der Waals surface area contributed by atoms with Gasteiger partial charge in [-0.15, -0.1) is 0 Å². The second-order valence-electron chi connectivity index (χ2n) is 4.64. The van der Waals surface area contributed by atoms with Crippen molar-refractivity contribution >= 4 is 21.9 Å². The number of ether oxygens (including phenoxy) is 1. The highest BCUT2D eigenvalue weighted by Crippen LogP contribution is 2.22. The first-order valence-corrected chi connectivity index (χ1v) is 8.04. The van der Waals surface area contributed by atoms with Crippen molar-refractivity contribution < 1.29 is 17.9 Å². The molecule has 8 nitrogen and oxygen atoms in total. The third-order valence-corrected chi connectivity index (χ3v) is 4.62. The molecule has 1 aromatic heterocycles. The van der Waals surface area contributed by atoms with Crippen molar-refractivity contribution in [2.24, 2.45) is 5.73 Å². The van der Waals surface area contributed by atoms with Crippen LogP contribution < -0.4 is 14.8 Å². The molecule has 0 bridgehead atoms. The van der Waals surface area contributed by atoms with Crippen molar-refractivity contribution in [3.05, 3.63) is 42.1 Å². The van der Waals surface area contributed by atoms with E-state index in [1.54, 1.807) is 31.2 Å². The van der Waals surface area contributed by atoms with Gasteiger partial charge in [0.25, 0.3) is 10.0 Å². The van der Waals surface area contributed by atoms with Crippen molar-refractivity contribution in [1.29, 1.82) is 0 Å². The molecular formula is C14H16N4O4S. The van der Waals surface area contributed by atoms with Gasteiger partial charge in [-0.05, 0) is 19.1 Å². The highest BCUT2D eigenvalue weighted by Gasteiger charge is 2.29. The van der Waals surface area contributed by atoms with Gasteiger partial charge in [-0.1, -0.05) is 18.2 Å². The number of aryl methyl sites for hydroxylation is 1. The van der Waals surface area contributed by atoms with E-state index in [0.29, 0.717) is 5.69 Å². The quantitative estimate of drug-likeness (QED) is 0.820. The van der Waals surface area contributed by atoms with Crippen LogP contribution in [0.2, 0.25) is 0 Å². The van der Waals surface area contributed by atoms with E-state index in [2.05, 4.69) is 9.97 Å². The molecule has 1 heterocycles.